The van der Waals surface area contributed by atoms with Crippen LogP contribution in [0, 0.1) is 0 Å². The fourth-order valence-corrected chi connectivity index (χ4v) is 4.06. The summed E-state index contributed by atoms with van der Waals surface area (Å²) in [6.07, 6.45) is 0. The van der Waals surface area contributed by atoms with Crippen LogP contribution in [0.1, 0.15) is 25.6 Å². The molecule has 7 heteroatoms. The van der Waals surface area contributed by atoms with E-state index in [0.29, 0.717) is 23.4 Å². The lowest BCUT2D eigenvalue weighted by Crippen LogP contribution is -2.35. The Morgan fingerprint density at radius 1 is 1.32 bits per heavy atom. The average molecular weight is 306 g/mol. The predicted molar refractivity (Wildman–Crippen MR) is 78.0 cm³/mol. The van der Waals surface area contributed by atoms with Crippen LogP contribution in [0.5, 0.6) is 0 Å². The van der Waals surface area contributed by atoms with Gasteiger partial charge in [0.15, 0.2) is 0 Å². The molecule has 0 radical (unpaired) electrons. The highest BCUT2D eigenvalue weighted by Crippen LogP contribution is 2.21. The van der Waals surface area contributed by atoms with Crippen LogP contribution >= 0.6 is 11.3 Å². The third kappa shape index (κ3) is 5.58. The molecule has 0 aliphatic heterocycles. The van der Waals surface area contributed by atoms with Gasteiger partial charge in [-0.1, -0.05) is 13.8 Å². The van der Waals surface area contributed by atoms with Crippen LogP contribution in [0.3, 0.4) is 0 Å². The maximum Gasteiger partial charge on any atom is 0.250 e. The molecule has 1 aromatic rings. The van der Waals surface area contributed by atoms with E-state index < -0.39 is 10.0 Å². The standard InChI is InChI=1S/C12H22N2O3S2/c1-9(2)13-7-11-5-6-12(18-11)19(15,16)14-10(3)8-17-4/h5-6,9-10,13-14H,7-8H2,1-4H3. The molecule has 1 atom stereocenters. The number of rotatable bonds is 8. The lowest BCUT2D eigenvalue weighted by atomic mass is 10.4. The highest BCUT2D eigenvalue weighted by atomic mass is 32.2. The highest BCUT2D eigenvalue weighted by molar-refractivity contribution is 7.91. The molecule has 1 heterocycles. The van der Waals surface area contributed by atoms with Gasteiger partial charge in [-0.05, 0) is 19.1 Å². The first kappa shape index (κ1) is 16.6. The van der Waals surface area contributed by atoms with Gasteiger partial charge in [0.2, 0.25) is 10.0 Å². The van der Waals surface area contributed by atoms with Gasteiger partial charge in [-0.25, -0.2) is 13.1 Å². The van der Waals surface area contributed by atoms with E-state index in [0.717, 1.165) is 4.88 Å². The largest absolute Gasteiger partial charge is 0.383 e. The van der Waals surface area contributed by atoms with Crippen LogP contribution in [0.2, 0.25) is 0 Å². The summed E-state index contributed by atoms with van der Waals surface area (Å²) < 4.78 is 32.0. The number of sulfonamides is 1. The van der Waals surface area contributed by atoms with Crippen molar-refractivity contribution >= 4 is 21.4 Å². The Labute approximate surface area is 119 Å². The van der Waals surface area contributed by atoms with Crippen molar-refractivity contribution in [2.45, 2.75) is 43.6 Å². The Hall–Kier alpha value is -0.470. The van der Waals surface area contributed by atoms with Gasteiger partial charge in [-0.3, -0.25) is 0 Å². The summed E-state index contributed by atoms with van der Waals surface area (Å²) in [4.78, 5) is 1.01. The van der Waals surface area contributed by atoms with Crippen molar-refractivity contribution in [2.24, 2.45) is 0 Å². The van der Waals surface area contributed by atoms with Crippen LogP contribution in [-0.2, 0) is 21.3 Å². The summed E-state index contributed by atoms with van der Waals surface area (Å²) >= 11 is 1.29. The summed E-state index contributed by atoms with van der Waals surface area (Å²) in [5.41, 5.74) is 0. The van der Waals surface area contributed by atoms with Gasteiger partial charge in [0.1, 0.15) is 4.21 Å². The minimum absolute atomic E-state index is 0.241. The fraction of sp³-hybridized carbons (Fsp3) is 0.667. The Bertz CT molecular complexity index is 483. The number of ether oxygens (including phenoxy) is 1. The minimum Gasteiger partial charge on any atom is -0.383 e. The predicted octanol–water partition coefficient (Wildman–Crippen LogP) is 1.56. The van der Waals surface area contributed by atoms with E-state index in [4.69, 9.17) is 4.74 Å². The van der Waals surface area contributed by atoms with E-state index >= 15 is 0 Å². The quantitative estimate of drug-likeness (QED) is 0.765. The second kappa shape index (κ2) is 7.35. The van der Waals surface area contributed by atoms with E-state index in [1.54, 1.807) is 20.1 Å². The topological polar surface area (TPSA) is 67.4 Å². The summed E-state index contributed by atoms with van der Waals surface area (Å²) in [7, 11) is -1.89. The first-order valence-corrected chi connectivity index (χ1v) is 8.48. The van der Waals surface area contributed by atoms with Crippen LogP contribution in [0.25, 0.3) is 0 Å². The molecule has 0 aliphatic rings. The minimum atomic E-state index is -3.44. The number of methoxy groups -OCH3 is 1. The van der Waals surface area contributed by atoms with Gasteiger partial charge >= 0.3 is 0 Å². The van der Waals surface area contributed by atoms with Gasteiger partial charge in [-0.15, -0.1) is 11.3 Å². The van der Waals surface area contributed by atoms with Gasteiger partial charge in [0, 0.05) is 30.6 Å². The number of hydrogen-bond donors (Lipinski definition) is 2. The van der Waals surface area contributed by atoms with Crippen molar-refractivity contribution in [1.82, 2.24) is 10.0 Å². The van der Waals surface area contributed by atoms with Gasteiger partial charge in [0.05, 0.1) is 6.61 Å². The Morgan fingerprint density at radius 3 is 2.58 bits per heavy atom. The first-order chi connectivity index (χ1) is 8.85. The van der Waals surface area contributed by atoms with Crippen LogP contribution in [-0.4, -0.2) is 34.2 Å². The lowest BCUT2D eigenvalue weighted by molar-refractivity contribution is 0.180. The normalized spacial score (nSPS) is 13.9. The smallest absolute Gasteiger partial charge is 0.250 e. The Balaban J connectivity index is 2.68. The summed E-state index contributed by atoms with van der Waals surface area (Å²) in [5, 5.41) is 3.26. The molecule has 0 amide bonds. The van der Waals surface area contributed by atoms with Gasteiger partial charge in [0.25, 0.3) is 0 Å². The highest BCUT2D eigenvalue weighted by Gasteiger charge is 2.19. The van der Waals surface area contributed by atoms with Crippen LogP contribution in [0.15, 0.2) is 16.3 Å². The fourth-order valence-electron chi connectivity index (χ4n) is 1.51. The molecule has 0 aliphatic carbocycles. The van der Waals surface area contributed by atoms with Gasteiger partial charge in [-0.2, -0.15) is 0 Å². The zero-order valence-corrected chi connectivity index (χ0v) is 13.4. The molecule has 0 bridgehead atoms. The average Bonchev–Trinajstić information content (AvgIpc) is 2.75. The van der Waals surface area contributed by atoms with Crippen LogP contribution < -0.4 is 10.0 Å². The molecule has 0 aromatic carbocycles. The third-order valence-electron chi connectivity index (χ3n) is 2.36. The zero-order chi connectivity index (χ0) is 14.5. The maximum atomic E-state index is 12.1. The first-order valence-electron chi connectivity index (χ1n) is 6.18. The van der Waals surface area contributed by atoms with E-state index in [9.17, 15) is 8.42 Å². The second-order valence-electron chi connectivity index (χ2n) is 4.73. The molecule has 1 rings (SSSR count). The molecule has 110 valence electrons. The molecular weight excluding hydrogens is 284 g/mol. The SMILES string of the molecule is COCC(C)NS(=O)(=O)c1ccc(CNC(C)C)s1. The van der Waals surface area contributed by atoms with Crippen molar-refractivity contribution in [2.75, 3.05) is 13.7 Å². The maximum absolute atomic E-state index is 12.1. The van der Waals surface area contributed by atoms with Crippen LogP contribution in [0.4, 0.5) is 0 Å². The molecule has 1 unspecified atom stereocenters. The van der Waals surface area contributed by atoms with E-state index in [1.807, 2.05) is 6.07 Å². The van der Waals surface area contributed by atoms with Crippen molar-refractivity contribution in [3.05, 3.63) is 17.0 Å². The second-order valence-corrected chi connectivity index (χ2v) is 7.84. The molecule has 2 N–H and O–H groups in total. The number of nitrogens with one attached hydrogen (secondary N) is 2. The molecule has 19 heavy (non-hydrogen) atoms. The van der Waals surface area contributed by atoms with Crippen molar-refractivity contribution in [3.8, 4) is 0 Å². The third-order valence-corrected chi connectivity index (χ3v) is 5.53. The zero-order valence-electron chi connectivity index (χ0n) is 11.8. The molecule has 0 spiro atoms. The molecule has 0 saturated carbocycles. The molecule has 5 nitrogen and oxygen atoms in total. The van der Waals surface area contributed by atoms with Crippen molar-refractivity contribution in [3.63, 3.8) is 0 Å². The number of hydrogen-bond acceptors (Lipinski definition) is 5. The summed E-state index contributed by atoms with van der Waals surface area (Å²) in [6.45, 7) is 6.92. The molecule has 0 fully saturated rings. The van der Waals surface area contributed by atoms with E-state index in [2.05, 4.69) is 23.9 Å². The lowest BCUT2D eigenvalue weighted by Gasteiger charge is -2.11. The molecule has 0 saturated heterocycles. The Morgan fingerprint density at radius 2 is 2.00 bits per heavy atom. The summed E-state index contributed by atoms with van der Waals surface area (Å²) in [6, 6.07) is 3.62. The van der Waals surface area contributed by atoms with E-state index in [1.165, 1.54) is 11.3 Å². The molecule has 1 aromatic heterocycles. The monoisotopic (exact) mass is 306 g/mol. The summed E-state index contributed by atoms with van der Waals surface area (Å²) in [5.74, 6) is 0. The van der Waals surface area contributed by atoms with Crippen molar-refractivity contribution in [1.29, 1.82) is 0 Å². The van der Waals surface area contributed by atoms with Gasteiger partial charge < -0.3 is 10.1 Å². The number of thiophene rings is 1. The molecular formula is C12H22N2O3S2. The van der Waals surface area contributed by atoms with E-state index in [-0.39, 0.29) is 6.04 Å². The Kier molecular flexibility index (Phi) is 6.41. The van der Waals surface area contributed by atoms with Crippen molar-refractivity contribution < 1.29 is 13.2 Å².